The van der Waals surface area contributed by atoms with Crippen molar-refractivity contribution >= 4 is 23.0 Å². The molecule has 3 aromatic rings. The van der Waals surface area contributed by atoms with Crippen molar-refractivity contribution in [2.75, 3.05) is 26.2 Å². The number of hydrogen-bond acceptors (Lipinski definition) is 4. The van der Waals surface area contributed by atoms with E-state index in [1.54, 1.807) is 53.1 Å². The average Bonchev–Trinajstić information content (AvgIpc) is 3.11. The Morgan fingerprint density at radius 1 is 0.966 bits per heavy atom. The summed E-state index contributed by atoms with van der Waals surface area (Å²) in [7, 11) is 0. The van der Waals surface area contributed by atoms with E-state index >= 15 is 0 Å². The Bertz CT molecular complexity index is 1130. The highest BCUT2D eigenvalue weighted by atomic mass is 16.2. The molecule has 0 saturated carbocycles. The molecular formula is C23H23N3O3. The topological polar surface area (TPSA) is 70.9 Å². The molecule has 1 aromatic carbocycles. The molecule has 0 aliphatic heterocycles. The second-order valence-corrected chi connectivity index (χ2v) is 7.04. The number of carbonyl (C=O) groups excluding carboxylic acids is 3. The van der Waals surface area contributed by atoms with E-state index in [2.05, 4.69) is 24.1 Å². The summed E-state index contributed by atoms with van der Waals surface area (Å²) < 4.78 is 1.66. The number of aromatic nitrogens is 1. The number of ketones is 2. The molecule has 1 aliphatic carbocycles. The minimum atomic E-state index is -0.331. The average molecular weight is 389 g/mol. The zero-order valence-electron chi connectivity index (χ0n) is 16.6. The van der Waals surface area contributed by atoms with Gasteiger partial charge in [-0.2, -0.15) is 0 Å². The highest BCUT2D eigenvalue weighted by Crippen LogP contribution is 2.33. The zero-order chi connectivity index (χ0) is 20.5. The van der Waals surface area contributed by atoms with Crippen LogP contribution in [0.1, 0.15) is 56.2 Å². The number of amides is 1. The maximum atomic E-state index is 13.3. The van der Waals surface area contributed by atoms with Gasteiger partial charge in [-0.25, -0.2) is 0 Å². The fourth-order valence-corrected chi connectivity index (χ4v) is 3.98. The van der Waals surface area contributed by atoms with E-state index < -0.39 is 0 Å². The van der Waals surface area contributed by atoms with Gasteiger partial charge in [0, 0.05) is 30.4 Å². The third-order valence-corrected chi connectivity index (χ3v) is 5.54. The predicted octanol–water partition coefficient (Wildman–Crippen LogP) is 2.79. The fourth-order valence-electron chi connectivity index (χ4n) is 3.98. The van der Waals surface area contributed by atoms with Gasteiger partial charge in [0.1, 0.15) is 5.69 Å². The second-order valence-electron chi connectivity index (χ2n) is 7.04. The van der Waals surface area contributed by atoms with E-state index in [-0.39, 0.29) is 34.3 Å². The van der Waals surface area contributed by atoms with Gasteiger partial charge in [-0.05, 0) is 25.2 Å². The number of fused-ring (bicyclic) bond motifs is 4. The lowest BCUT2D eigenvalue weighted by Crippen LogP contribution is -2.35. The quantitative estimate of drug-likeness (QED) is 0.551. The Labute approximate surface area is 169 Å². The Morgan fingerprint density at radius 3 is 2.31 bits per heavy atom. The number of nitrogens with zero attached hydrogens (tertiary/aromatic N) is 2. The number of benzene rings is 1. The standard InChI is InChI=1S/C23H23N3O3/c1-3-25(4-2)14-12-24-23(29)18-17-11-7-8-13-26(17)20-19(18)21(27)15-9-5-6-10-16(15)22(20)28/h5-11,13H,3-4,12,14H2,1-2H3,(H,24,29). The minimum Gasteiger partial charge on any atom is -0.351 e. The molecule has 2 heterocycles. The molecule has 1 aliphatic rings. The van der Waals surface area contributed by atoms with E-state index in [0.717, 1.165) is 19.6 Å². The molecule has 1 N–H and O–H groups in total. The highest BCUT2D eigenvalue weighted by molar-refractivity contribution is 6.32. The van der Waals surface area contributed by atoms with Crippen LogP contribution in [0.5, 0.6) is 0 Å². The monoisotopic (exact) mass is 389 g/mol. The number of nitrogens with one attached hydrogen (secondary N) is 1. The van der Waals surface area contributed by atoms with Crippen molar-refractivity contribution in [1.82, 2.24) is 14.6 Å². The number of pyridine rings is 1. The van der Waals surface area contributed by atoms with Crippen LogP contribution in [0.25, 0.3) is 5.52 Å². The molecule has 1 amide bonds. The Kier molecular flexibility index (Phi) is 5.03. The van der Waals surface area contributed by atoms with E-state index in [9.17, 15) is 14.4 Å². The van der Waals surface area contributed by atoms with Crippen LogP contribution in [-0.2, 0) is 0 Å². The first-order valence-electron chi connectivity index (χ1n) is 9.90. The zero-order valence-corrected chi connectivity index (χ0v) is 16.6. The van der Waals surface area contributed by atoms with Gasteiger partial charge in [-0.3, -0.25) is 14.4 Å². The lowest BCUT2D eigenvalue weighted by molar-refractivity contribution is 0.0936. The smallest absolute Gasteiger partial charge is 0.254 e. The second kappa shape index (κ2) is 7.64. The number of rotatable bonds is 6. The molecule has 0 bridgehead atoms. The molecule has 0 radical (unpaired) electrons. The van der Waals surface area contributed by atoms with Crippen molar-refractivity contribution < 1.29 is 14.4 Å². The van der Waals surface area contributed by atoms with Crippen LogP contribution in [0.2, 0.25) is 0 Å². The molecule has 6 nitrogen and oxygen atoms in total. The summed E-state index contributed by atoms with van der Waals surface area (Å²) in [4.78, 5) is 41.8. The molecular weight excluding hydrogens is 366 g/mol. The van der Waals surface area contributed by atoms with Gasteiger partial charge in [0.25, 0.3) is 5.91 Å². The Morgan fingerprint density at radius 2 is 1.62 bits per heavy atom. The van der Waals surface area contributed by atoms with E-state index in [1.165, 1.54) is 0 Å². The van der Waals surface area contributed by atoms with Crippen molar-refractivity contribution in [3.8, 4) is 0 Å². The number of hydrogen-bond donors (Lipinski definition) is 1. The van der Waals surface area contributed by atoms with E-state index in [4.69, 9.17) is 0 Å². The molecule has 148 valence electrons. The first-order valence-corrected chi connectivity index (χ1v) is 9.90. The molecule has 0 fully saturated rings. The Hall–Kier alpha value is -3.25. The molecule has 0 saturated heterocycles. The molecule has 2 aromatic heterocycles. The largest absolute Gasteiger partial charge is 0.351 e. The van der Waals surface area contributed by atoms with Gasteiger partial charge in [-0.15, -0.1) is 0 Å². The van der Waals surface area contributed by atoms with Gasteiger partial charge in [-0.1, -0.05) is 44.2 Å². The summed E-state index contributed by atoms with van der Waals surface area (Å²) in [5.74, 6) is -0.853. The van der Waals surface area contributed by atoms with Crippen LogP contribution in [0.4, 0.5) is 0 Å². The van der Waals surface area contributed by atoms with Crippen molar-refractivity contribution in [2.45, 2.75) is 13.8 Å². The lowest BCUT2D eigenvalue weighted by atomic mass is 9.86. The van der Waals surface area contributed by atoms with Crippen molar-refractivity contribution in [1.29, 1.82) is 0 Å². The van der Waals surface area contributed by atoms with Gasteiger partial charge >= 0.3 is 0 Å². The predicted molar refractivity (Wildman–Crippen MR) is 111 cm³/mol. The SMILES string of the molecule is CCN(CC)CCNC(=O)c1c2c(n3ccccc13)C(=O)c1ccccc1C2=O. The van der Waals surface area contributed by atoms with Crippen LogP contribution in [0.3, 0.4) is 0 Å². The first kappa shape index (κ1) is 19.1. The van der Waals surface area contributed by atoms with Crippen LogP contribution >= 0.6 is 0 Å². The lowest BCUT2D eigenvalue weighted by Gasteiger charge is -2.18. The maximum Gasteiger partial charge on any atom is 0.254 e. The third-order valence-electron chi connectivity index (χ3n) is 5.54. The molecule has 0 atom stereocenters. The van der Waals surface area contributed by atoms with Crippen molar-refractivity contribution in [2.24, 2.45) is 0 Å². The normalized spacial score (nSPS) is 12.9. The van der Waals surface area contributed by atoms with Gasteiger partial charge in [0.05, 0.1) is 16.6 Å². The third kappa shape index (κ3) is 3.06. The Balaban J connectivity index is 1.79. The van der Waals surface area contributed by atoms with Crippen LogP contribution < -0.4 is 5.32 Å². The first-order chi connectivity index (χ1) is 14.1. The van der Waals surface area contributed by atoms with Gasteiger partial charge < -0.3 is 14.6 Å². The summed E-state index contributed by atoms with van der Waals surface area (Å²) in [6.07, 6.45) is 1.72. The summed E-state index contributed by atoms with van der Waals surface area (Å²) in [5.41, 5.74) is 2.01. The van der Waals surface area contributed by atoms with Crippen LogP contribution in [0, 0.1) is 0 Å². The molecule has 4 rings (SSSR count). The molecule has 0 unspecified atom stereocenters. The van der Waals surface area contributed by atoms with Crippen molar-refractivity contribution in [3.05, 3.63) is 76.6 Å². The summed E-state index contributed by atoms with van der Waals surface area (Å²) in [5, 5.41) is 2.93. The number of carbonyl (C=O) groups is 3. The van der Waals surface area contributed by atoms with Gasteiger partial charge in [0.15, 0.2) is 5.78 Å². The van der Waals surface area contributed by atoms with Crippen molar-refractivity contribution in [3.63, 3.8) is 0 Å². The summed E-state index contributed by atoms with van der Waals surface area (Å²) >= 11 is 0. The van der Waals surface area contributed by atoms with Crippen LogP contribution in [-0.4, -0.2) is 53.0 Å². The summed E-state index contributed by atoms with van der Waals surface area (Å²) in [6, 6.07) is 12.1. The number of likely N-dealkylation sites (N-methyl/N-ethyl adjacent to an activating group) is 1. The fraction of sp³-hybridized carbons (Fsp3) is 0.261. The molecule has 6 heteroatoms. The highest BCUT2D eigenvalue weighted by Gasteiger charge is 2.37. The molecule has 29 heavy (non-hydrogen) atoms. The minimum absolute atomic E-state index is 0.195. The van der Waals surface area contributed by atoms with Crippen LogP contribution in [0.15, 0.2) is 48.7 Å². The van der Waals surface area contributed by atoms with Gasteiger partial charge in [0.2, 0.25) is 5.78 Å². The maximum absolute atomic E-state index is 13.3. The van der Waals surface area contributed by atoms with E-state index in [0.29, 0.717) is 23.2 Å². The van der Waals surface area contributed by atoms with E-state index in [1.807, 2.05) is 0 Å². The molecule has 0 spiro atoms. The summed E-state index contributed by atoms with van der Waals surface area (Å²) in [6.45, 7) is 7.15.